The van der Waals surface area contributed by atoms with Crippen LogP contribution in [-0.2, 0) is 6.54 Å². The topological polar surface area (TPSA) is 55.0 Å². The van der Waals surface area contributed by atoms with Crippen molar-refractivity contribution in [3.8, 4) is 0 Å². The van der Waals surface area contributed by atoms with Gasteiger partial charge in [-0.1, -0.05) is 22.0 Å². The summed E-state index contributed by atoms with van der Waals surface area (Å²) >= 11 is 3.29. The summed E-state index contributed by atoms with van der Waals surface area (Å²) in [5.41, 5.74) is 7.38. The Labute approximate surface area is 137 Å². The van der Waals surface area contributed by atoms with Crippen LogP contribution in [0.4, 0.5) is 10.3 Å². The highest BCUT2D eigenvalue weighted by Gasteiger charge is 2.23. The smallest absolute Gasteiger partial charge is 0.220 e. The highest BCUT2D eigenvalue weighted by Crippen LogP contribution is 2.27. The fraction of sp³-hybridized carbons (Fsp3) is 0.375. The number of aromatic nitrogens is 2. The van der Waals surface area contributed by atoms with Gasteiger partial charge in [0, 0.05) is 35.2 Å². The number of hydrogen-bond donors (Lipinski definition) is 1. The molecule has 3 rings (SSSR count). The number of likely N-dealkylation sites (tertiary alicyclic amines) is 1. The highest BCUT2D eigenvalue weighted by molar-refractivity contribution is 9.10. The van der Waals surface area contributed by atoms with Gasteiger partial charge in [-0.05, 0) is 37.6 Å². The third-order valence-electron chi connectivity index (χ3n) is 4.03. The minimum absolute atomic E-state index is 0.164. The third-order valence-corrected chi connectivity index (χ3v) is 4.52. The lowest BCUT2D eigenvalue weighted by Crippen LogP contribution is -2.34. The van der Waals surface area contributed by atoms with Crippen molar-refractivity contribution < 1.29 is 4.39 Å². The van der Waals surface area contributed by atoms with Crippen LogP contribution >= 0.6 is 15.9 Å². The van der Waals surface area contributed by atoms with Gasteiger partial charge < -0.3 is 5.73 Å². The zero-order valence-electron chi connectivity index (χ0n) is 12.2. The van der Waals surface area contributed by atoms with Crippen LogP contribution in [0.25, 0.3) is 0 Å². The van der Waals surface area contributed by atoms with Gasteiger partial charge in [-0.15, -0.1) is 0 Å². The Balaban J connectivity index is 1.70. The standard InChI is InChI=1S/C16H18BrFN4/c17-13-4-3-11(14(18)8-13)9-22-7-1-2-12(10-22)15-5-6-20-16(19)21-15/h3-6,8,12H,1-2,7,9-10H2,(H2,19,20,21). The molecule has 2 aromatic rings. The summed E-state index contributed by atoms with van der Waals surface area (Å²) in [6.07, 6.45) is 3.85. The number of hydrogen-bond acceptors (Lipinski definition) is 4. The molecular weight excluding hydrogens is 347 g/mol. The van der Waals surface area contributed by atoms with Crippen molar-refractivity contribution in [2.45, 2.75) is 25.3 Å². The molecule has 1 fully saturated rings. The molecule has 4 nitrogen and oxygen atoms in total. The molecule has 22 heavy (non-hydrogen) atoms. The molecule has 0 bridgehead atoms. The van der Waals surface area contributed by atoms with Crippen LogP contribution in [0.3, 0.4) is 0 Å². The second-order valence-electron chi connectivity index (χ2n) is 5.65. The minimum atomic E-state index is -0.164. The molecule has 0 amide bonds. The molecule has 1 atom stereocenters. The first-order valence-corrected chi connectivity index (χ1v) is 8.16. The van der Waals surface area contributed by atoms with E-state index in [4.69, 9.17) is 5.73 Å². The lowest BCUT2D eigenvalue weighted by molar-refractivity contribution is 0.196. The SMILES string of the molecule is Nc1nccc(C2CCCN(Cc3ccc(Br)cc3F)C2)n1. The van der Waals surface area contributed by atoms with Crippen LogP contribution in [0.2, 0.25) is 0 Å². The summed E-state index contributed by atoms with van der Waals surface area (Å²) in [5, 5.41) is 0. The number of nitrogens with two attached hydrogens (primary N) is 1. The Morgan fingerprint density at radius 3 is 3.00 bits per heavy atom. The van der Waals surface area contributed by atoms with Crippen molar-refractivity contribution in [3.63, 3.8) is 0 Å². The third kappa shape index (κ3) is 3.62. The van der Waals surface area contributed by atoms with Crippen molar-refractivity contribution in [2.75, 3.05) is 18.8 Å². The summed E-state index contributed by atoms with van der Waals surface area (Å²) in [4.78, 5) is 10.5. The maximum Gasteiger partial charge on any atom is 0.220 e. The first-order chi connectivity index (χ1) is 10.6. The van der Waals surface area contributed by atoms with Crippen molar-refractivity contribution in [1.29, 1.82) is 0 Å². The van der Waals surface area contributed by atoms with Crippen LogP contribution in [0, 0.1) is 5.82 Å². The number of nitrogens with zero attached hydrogens (tertiary/aromatic N) is 3. The van der Waals surface area contributed by atoms with Gasteiger partial charge in [-0.3, -0.25) is 4.90 Å². The van der Waals surface area contributed by atoms with E-state index in [9.17, 15) is 4.39 Å². The number of benzene rings is 1. The molecule has 116 valence electrons. The van der Waals surface area contributed by atoms with Crippen LogP contribution in [-0.4, -0.2) is 28.0 Å². The van der Waals surface area contributed by atoms with Crippen molar-refractivity contribution in [3.05, 3.63) is 52.0 Å². The van der Waals surface area contributed by atoms with E-state index in [1.54, 1.807) is 6.20 Å². The maximum atomic E-state index is 14.0. The second kappa shape index (κ2) is 6.71. The predicted octanol–water partition coefficient (Wildman–Crippen LogP) is 3.34. The van der Waals surface area contributed by atoms with E-state index in [1.165, 1.54) is 6.07 Å². The molecule has 0 spiro atoms. The highest BCUT2D eigenvalue weighted by atomic mass is 79.9. The first kappa shape index (κ1) is 15.4. The average Bonchev–Trinajstić information content (AvgIpc) is 2.50. The number of rotatable bonds is 3. The Morgan fingerprint density at radius 1 is 1.36 bits per heavy atom. The molecular formula is C16H18BrFN4. The molecule has 0 radical (unpaired) electrons. The van der Waals surface area contributed by atoms with E-state index in [0.29, 0.717) is 18.4 Å². The molecule has 2 heterocycles. The number of piperidine rings is 1. The lowest BCUT2D eigenvalue weighted by Gasteiger charge is -2.32. The molecule has 2 N–H and O–H groups in total. The maximum absolute atomic E-state index is 14.0. The van der Waals surface area contributed by atoms with E-state index < -0.39 is 0 Å². The van der Waals surface area contributed by atoms with Gasteiger partial charge in [-0.25, -0.2) is 14.4 Å². The number of anilines is 1. The minimum Gasteiger partial charge on any atom is -0.368 e. The summed E-state index contributed by atoms with van der Waals surface area (Å²) in [6, 6.07) is 7.16. The largest absolute Gasteiger partial charge is 0.368 e. The second-order valence-corrected chi connectivity index (χ2v) is 6.57. The Hall–Kier alpha value is -1.53. The molecule has 6 heteroatoms. The zero-order valence-corrected chi connectivity index (χ0v) is 13.8. The van der Waals surface area contributed by atoms with E-state index in [2.05, 4.69) is 30.8 Å². The van der Waals surface area contributed by atoms with E-state index in [-0.39, 0.29) is 5.82 Å². The molecule has 1 aliphatic rings. The molecule has 1 aromatic heterocycles. The van der Waals surface area contributed by atoms with Gasteiger partial charge in [0.2, 0.25) is 5.95 Å². The van der Waals surface area contributed by atoms with Crippen molar-refractivity contribution in [2.24, 2.45) is 0 Å². The van der Waals surface area contributed by atoms with Gasteiger partial charge in [0.25, 0.3) is 0 Å². The van der Waals surface area contributed by atoms with Gasteiger partial charge in [0.15, 0.2) is 0 Å². The van der Waals surface area contributed by atoms with Crippen LogP contribution in [0.1, 0.15) is 30.0 Å². The number of halogens is 2. The van der Waals surface area contributed by atoms with Crippen molar-refractivity contribution >= 4 is 21.9 Å². The molecule has 0 aliphatic carbocycles. The van der Waals surface area contributed by atoms with Gasteiger partial charge >= 0.3 is 0 Å². The van der Waals surface area contributed by atoms with Crippen LogP contribution < -0.4 is 5.73 Å². The molecule has 1 aliphatic heterocycles. The Bertz CT molecular complexity index is 664. The summed E-state index contributed by atoms with van der Waals surface area (Å²) in [5.74, 6) is 0.480. The molecule has 1 aromatic carbocycles. The first-order valence-electron chi connectivity index (χ1n) is 7.36. The van der Waals surface area contributed by atoms with Gasteiger partial charge in [0.1, 0.15) is 5.82 Å². The quantitative estimate of drug-likeness (QED) is 0.907. The van der Waals surface area contributed by atoms with E-state index in [0.717, 1.165) is 41.7 Å². The Morgan fingerprint density at radius 2 is 2.23 bits per heavy atom. The average molecular weight is 365 g/mol. The fourth-order valence-corrected chi connectivity index (χ4v) is 3.28. The fourth-order valence-electron chi connectivity index (χ4n) is 2.95. The predicted molar refractivity (Wildman–Crippen MR) is 87.8 cm³/mol. The van der Waals surface area contributed by atoms with E-state index in [1.807, 2.05) is 18.2 Å². The Kier molecular flexibility index (Phi) is 4.69. The van der Waals surface area contributed by atoms with Crippen molar-refractivity contribution in [1.82, 2.24) is 14.9 Å². The molecule has 1 unspecified atom stereocenters. The van der Waals surface area contributed by atoms with Crippen LogP contribution in [0.15, 0.2) is 34.9 Å². The summed E-state index contributed by atoms with van der Waals surface area (Å²) in [7, 11) is 0. The lowest BCUT2D eigenvalue weighted by atomic mass is 9.94. The van der Waals surface area contributed by atoms with Gasteiger partial charge in [-0.2, -0.15) is 0 Å². The normalized spacial score (nSPS) is 19.3. The summed E-state index contributed by atoms with van der Waals surface area (Å²) < 4.78 is 14.8. The molecule has 0 saturated carbocycles. The van der Waals surface area contributed by atoms with Crippen LogP contribution in [0.5, 0.6) is 0 Å². The monoisotopic (exact) mass is 364 g/mol. The van der Waals surface area contributed by atoms with Gasteiger partial charge in [0.05, 0.1) is 5.69 Å². The molecule has 1 saturated heterocycles. The number of nitrogen functional groups attached to an aromatic ring is 1. The summed E-state index contributed by atoms with van der Waals surface area (Å²) in [6.45, 7) is 2.47. The van der Waals surface area contributed by atoms with E-state index >= 15 is 0 Å². The zero-order chi connectivity index (χ0) is 15.5.